The van der Waals surface area contributed by atoms with Crippen molar-refractivity contribution < 1.29 is 24.9 Å². The summed E-state index contributed by atoms with van der Waals surface area (Å²) in [5, 5.41) is 28.6. The van der Waals surface area contributed by atoms with E-state index in [1.165, 1.54) is 11.3 Å². The molecule has 1 saturated carbocycles. The zero-order chi connectivity index (χ0) is 21.4. The summed E-state index contributed by atoms with van der Waals surface area (Å²) < 4.78 is 5.65. The van der Waals surface area contributed by atoms with Crippen molar-refractivity contribution in [1.82, 2.24) is 0 Å². The van der Waals surface area contributed by atoms with Gasteiger partial charge >= 0.3 is 5.97 Å². The molecule has 0 bridgehead atoms. The monoisotopic (exact) mass is 444 g/mol. The van der Waals surface area contributed by atoms with Crippen molar-refractivity contribution in [2.24, 2.45) is 11.8 Å². The number of ether oxygens (including phenoxy) is 1. The minimum Gasteiger partial charge on any atom is -0.477 e. The third-order valence-corrected chi connectivity index (χ3v) is 7.29. The third-order valence-electron chi connectivity index (χ3n) is 5.66. The summed E-state index contributed by atoms with van der Waals surface area (Å²) in [6, 6.07) is 3.55. The fourth-order valence-electron chi connectivity index (χ4n) is 4.08. The summed E-state index contributed by atoms with van der Waals surface area (Å²) in [5.41, 5.74) is 0. The zero-order valence-corrected chi connectivity index (χ0v) is 18.7. The molecule has 1 aromatic rings. The minimum absolute atomic E-state index is 0.0277. The quantitative estimate of drug-likeness (QED) is 0.326. The van der Waals surface area contributed by atoms with Crippen molar-refractivity contribution in [1.29, 1.82) is 0 Å². The van der Waals surface area contributed by atoms with Gasteiger partial charge in [-0.3, -0.25) is 0 Å². The molecular formula is C22H33ClO5S. The molecule has 0 amide bonds. The normalized spacial score (nSPS) is 26.8. The number of aromatic carboxylic acids is 1. The second-order valence-corrected chi connectivity index (χ2v) is 9.69. The number of carboxylic acids is 1. The first-order valence-corrected chi connectivity index (χ1v) is 11.6. The molecule has 0 spiro atoms. The maximum absolute atomic E-state index is 11.0. The van der Waals surface area contributed by atoms with E-state index in [4.69, 9.17) is 21.4 Å². The third kappa shape index (κ3) is 7.68. The molecule has 0 saturated heterocycles. The van der Waals surface area contributed by atoms with Crippen molar-refractivity contribution in [3.63, 3.8) is 0 Å². The van der Waals surface area contributed by atoms with E-state index in [1.54, 1.807) is 20.1 Å². The summed E-state index contributed by atoms with van der Waals surface area (Å²) in [7, 11) is 1.70. The molecule has 29 heavy (non-hydrogen) atoms. The predicted molar refractivity (Wildman–Crippen MR) is 117 cm³/mol. The second-order valence-electron chi connectivity index (χ2n) is 7.96. The van der Waals surface area contributed by atoms with E-state index in [0.29, 0.717) is 17.7 Å². The van der Waals surface area contributed by atoms with Crippen LogP contribution in [0.2, 0.25) is 0 Å². The highest BCUT2D eigenvalue weighted by Crippen LogP contribution is 2.41. The highest BCUT2D eigenvalue weighted by atomic mass is 35.5. The van der Waals surface area contributed by atoms with Crippen LogP contribution in [0.4, 0.5) is 0 Å². The fraction of sp³-hybridized carbons (Fsp3) is 0.682. The van der Waals surface area contributed by atoms with E-state index in [1.807, 2.05) is 12.1 Å². The number of halogens is 1. The average Bonchev–Trinajstić information content (AvgIpc) is 3.25. The van der Waals surface area contributed by atoms with Crippen LogP contribution < -0.4 is 0 Å². The molecule has 1 heterocycles. The summed E-state index contributed by atoms with van der Waals surface area (Å²) in [5.74, 6) is -0.453. The Bertz CT molecular complexity index is 659. The number of aliphatic hydroxyl groups is 2. The molecule has 1 aromatic heterocycles. The minimum atomic E-state index is -0.877. The van der Waals surface area contributed by atoms with Gasteiger partial charge in [-0.1, -0.05) is 12.2 Å². The van der Waals surface area contributed by atoms with Gasteiger partial charge in [-0.25, -0.2) is 4.79 Å². The number of carbonyl (C=O) groups is 1. The van der Waals surface area contributed by atoms with Crippen LogP contribution in [0.3, 0.4) is 0 Å². The van der Waals surface area contributed by atoms with Crippen molar-refractivity contribution in [2.75, 3.05) is 7.11 Å². The molecule has 5 nitrogen and oxygen atoms in total. The largest absolute Gasteiger partial charge is 0.477 e. The van der Waals surface area contributed by atoms with Gasteiger partial charge in [-0.2, -0.15) is 0 Å². The first kappa shape index (κ1) is 24.4. The number of hydrogen-bond donors (Lipinski definition) is 3. The number of rotatable bonds is 12. The topological polar surface area (TPSA) is 87.0 Å². The first-order chi connectivity index (χ1) is 13.8. The lowest BCUT2D eigenvalue weighted by Gasteiger charge is -2.22. The fourth-order valence-corrected chi connectivity index (χ4v) is 5.44. The lowest BCUT2D eigenvalue weighted by molar-refractivity contribution is 0.0702. The standard InChI is InChI=1S/C22H33ClO5S/c1-14(24)5-3-6-15(25)9-11-18-17(19(23)13-20(18)28-2)8-4-7-16-10-12-21(29-16)22(26)27/h9-12,14-15,17-20,24-25H,3-8,13H2,1-2H3,(H,26,27)/t14-,15+,17-,18-,19-,20-/m1/s1. The average molecular weight is 445 g/mol. The van der Waals surface area contributed by atoms with E-state index in [0.717, 1.165) is 37.0 Å². The van der Waals surface area contributed by atoms with Gasteiger partial charge in [0.1, 0.15) is 4.88 Å². The van der Waals surface area contributed by atoms with Gasteiger partial charge in [-0.15, -0.1) is 22.9 Å². The van der Waals surface area contributed by atoms with Crippen molar-refractivity contribution in [3.05, 3.63) is 34.0 Å². The SMILES string of the molecule is CO[C@@H]1C[C@@H](Cl)[C@H](CCCc2ccc(C(=O)O)s2)[C@H]1C=C[C@@H](O)CCC[C@@H](C)O. The highest BCUT2D eigenvalue weighted by Gasteiger charge is 2.40. The van der Waals surface area contributed by atoms with Gasteiger partial charge < -0.3 is 20.1 Å². The zero-order valence-electron chi connectivity index (χ0n) is 17.2. The van der Waals surface area contributed by atoms with Gasteiger partial charge in [0.15, 0.2) is 0 Å². The predicted octanol–water partition coefficient (Wildman–Crippen LogP) is 4.50. The Morgan fingerprint density at radius 1 is 1.34 bits per heavy atom. The molecule has 0 unspecified atom stereocenters. The van der Waals surface area contributed by atoms with Crippen LogP contribution in [0.5, 0.6) is 0 Å². The van der Waals surface area contributed by atoms with E-state index in [2.05, 4.69) is 6.08 Å². The smallest absolute Gasteiger partial charge is 0.345 e. The number of carboxylic acid groups (broad SMARTS) is 1. The molecular weight excluding hydrogens is 412 g/mol. The second kappa shape index (κ2) is 12.1. The van der Waals surface area contributed by atoms with Crippen LogP contribution >= 0.6 is 22.9 Å². The Kier molecular flexibility index (Phi) is 10.1. The van der Waals surface area contributed by atoms with E-state index >= 15 is 0 Å². The van der Waals surface area contributed by atoms with Crippen LogP contribution in [0.15, 0.2) is 24.3 Å². The van der Waals surface area contributed by atoms with Crippen LogP contribution in [0, 0.1) is 11.8 Å². The number of hydrogen-bond acceptors (Lipinski definition) is 5. The molecule has 0 aromatic carbocycles. The van der Waals surface area contributed by atoms with Gasteiger partial charge in [0.25, 0.3) is 0 Å². The number of aliphatic hydroxyl groups excluding tert-OH is 2. The van der Waals surface area contributed by atoms with Crippen molar-refractivity contribution >= 4 is 28.9 Å². The Labute approximate surface area is 182 Å². The van der Waals surface area contributed by atoms with Crippen LogP contribution in [-0.4, -0.2) is 52.1 Å². The van der Waals surface area contributed by atoms with Gasteiger partial charge in [0.05, 0.1) is 18.3 Å². The van der Waals surface area contributed by atoms with Crippen LogP contribution in [0.1, 0.15) is 60.0 Å². The first-order valence-electron chi connectivity index (χ1n) is 10.3. The number of thiophene rings is 1. The summed E-state index contributed by atoms with van der Waals surface area (Å²) in [6.45, 7) is 1.76. The molecule has 1 fully saturated rings. The van der Waals surface area contributed by atoms with Gasteiger partial charge in [0.2, 0.25) is 0 Å². The number of aryl methyl sites for hydroxylation is 1. The molecule has 3 N–H and O–H groups in total. The Morgan fingerprint density at radius 2 is 2.10 bits per heavy atom. The Morgan fingerprint density at radius 3 is 2.72 bits per heavy atom. The Hall–Kier alpha value is -0.920. The molecule has 7 heteroatoms. The number of methoxy groups -OCH3 is 1. The van der Waals surface area contributed by atoms with Crippen molar-refractivity contribution in [3.8, 4) is 0 Å². The molecule has 164 valence electrons. The van der Waals surface area contributed by atoms with Crippen LogP contribution in [-0.2, 0) is 11.2 Å². The molecule has 1 aliphatic carbocycles. The van der Waals surface area contributed by atoms with E-state index in [-0.39, 0.29) is 29.4 Å². The highest BCUT2D eigenvalue weighted by molar-refractivity contribution is 7.13. The molecule has 1 aliphatic rings. The maximum atomic E-state index is 11.0. The summed E-state index contributed by atoms with van der Waals surface area (Å²) in [4.78, 5) is 12.5. The van der Waals surface area contributed by atoms with Crippen molar-refractivity contribution in [2.45, 2.75) is 75.6 Å². The molecule has 0 aliphatic heterocycles. The molecule has 6 atom stereocenters. The summed E-state index contributed by atoms with van der Waals surface area (Å²) >= 11 is 7.96. The van der Waals surface area contributed by atoms with Gasteiger partial charge in [-0.05, 0) is 69.9 Å². The Balaban J connectivity index is 1.89. The van der Waals surface area contributed by atoms with Crippen LogP contribution in [0.25, 0.3) is 0 Å². The van der Waals surface area contributed by atoms with E-state index in [9.17, 15) is 15.0 Å². The maximum Gasteiger partial charge on any atom is 0.345 e. The number of alkyl halides is 1. The lowest BCUT2D eigenvalue weighted by Crippen LogP contribution is -2.21. The lowest BCUT2D eigenvalue weighted by atomic mass is 9.89. The summed E-state index contributed by atoms with van der Waals surface area (Å²) in [6.07, 6.45) is 8.68. The molecule has 0 radical (unpaired) electrons. The molecule has 2 rings (SSSR count). The van der Waals surface area contributed by atoms with E-state index < -0.39 is 12.1 Å². The van der Waals surface area contributed by atoms with Gasteiger partial charge in [0, 0.05) is 23.3 Å².